The molecule has 32 heavy (non-hydrogen) atoms. The lowest BCUT2D eigenvalue weighted by Gasteiger charge is -2.18. The zero-order chi connectivity index (χ0) is 22.6. The van der Waals surface area contributed by atoms with Crippen molar-refractivity contribution in [3.63, 3.8) is 0 Å². The highest BCUT2D eigenvalue weighted by molar-refractivity contribution is 7.91. The smallest absolute Gasteiger partial charge is 0.225 e. The zero-order valence-electron chi connectivity index (χ0n) is 16.9. The van der Waals surface area contributed by atoms with Gasteiger partial charge in [0.2, 0.25) is 5.91 Å². The summed E-state index contributed by atoms with van der Waals surface area (Å²) in [6.07, 6.45) is -0.225. The van der Waals surface area contributed by atoms with E-state index in [0.29, 0.717) is 46.9 Å². The molecule has 0 saturated carbocycles. The Balaban J connectivity index is 1.42. The van der Waals surface area contributed by atoms with Crippen LogP contribution in [0.2, 0.25) is 5.02 Å². The molecule has 9 heteroatoms. The van der Waals surface area contributed by atoms with Crippen LogP contribution in [0.1, 0.15) is 6.42 Å². The third-order valence-corrected chi connectivity index (χ3v) is 6.71. The summed E-state index contributed by atoms with van der Waals surface area (Å²) in [4.78, 5) is 12.6. The number of carbonyl (C=O) groups excluding carboxylic acids is 1. The molecule has 1 aliphatic rings. The van der Waals surface area contributed by atoms with Crippen molar-refractivity contribution in [2.24, 2.45) is 0 Å². The van der Waals surface area contributed by atoms with Gasteiger partial charge in [0.1, 0.15) is 19.0 Å². The maximum atomic E-state index is 12.7. The average Bonchev–Trinajstić information content (AvgIpc) is 2.80. The Morgan fingerprint density at radius 1 is 0.938 bits per heavy atom. The lowest BCUT2D eigenvalue weighted by molar-refractivity contribution is -0.115. The van der Waals surface area contributed by atoms with E-state index in [2.05, 4.69) is 5.32 Å². The van der Waals surface area contributed by atoms with Crippen LogP contribution in [0, 0.1) is 0 Å². The number of nitrogens with one attached hydrogen (secondary N) is 1. The summed E-state index contributed by atoms with van der Waals surface area (Å²) >= 11 is 6.14. The first-order chi connectivity index (χ1) is 15.4. The molecule has 0 unspecified atom stereocenters. The number of carbonyl (C=O) groups is 1. The van der Waals surface area contributed by atoms with Crippen molar-refractivity contribution in [3.05, 3.63) is 71.8 Å². The molecule has 0 fully saturated rings. The van der Waals surface area contributed by atoms with Gasteiger partial charge in [-0.2, -0.15) is 0 Å². The zero-order valence-corrected chi connectivity index (χ0v) is 18.5. The fraction of sp³-hybridized carbons (Fsp3) is 0.174. The number of fused-ring (bicyclic) bond motifs is 1. The standard InChI is InChI=1S/C23H20ClNO6S/c24-17-5-1-3-7-19(17)31-20-8-4-2-6-18(20)25-23(26)11-14-32(27,28)16-9-10-21-22(15-16)30-13-12-29-21/h1-10,15H,11-14H2,(H,25,26). The van der Waals surface area contributed by atoms with Gasteiger partial charge in [-0.05, 0) is 36.4 Å². The molecule has 0 saturated heterocycles. The minimum atomic E-state index is -3.69. The van der Waals surface area contributed by atoms with Crippen molar-refractivity contribution in [2.45, 2.75) is 11.3 Å². The number of amides is 1. The van der Waals surface area contributed by atoms with Gasteiger partial charge in [-0.3, -0.25) is 4.79 Å². The summed E-state index contributed by atoms with van der Waals surface area (Å²) < 4.78 is 42.1. The van der Waals surface area contributed by atoms with Gasteiger partial charge >= 0.3 is 0 Å². The topological polar surface area (TPSA) is 90.9 Å². The number of sulfone groups is 1. The van der Waals surface area contributed by atoms with Crippen LogP contribution in [0.3, 0.4) is 0 Å². The fourth-order valence-corrected chi connectivity index (χ4v) is 4.51. The van der Waals surface area contributed by atoms with E-state index < -0.39 is 15.7 Å². The van der Waals surface area contributed by atoms with Crippen LogP contribution in [0.4, 0.5) is 5.69 Å². The molecule has 3 aromatic carbocycles. The molecule has 0 atom stereocenters. The number of rotatable bonds is 7. The van der Waals surface area contributed by atoms with Gasteiger partial charge in [-0.25, -0.2) is 8.42 Å². The average molecular weight is 474 g/mol. The Hall–Kier alpha value is -3.23. The second-order valence-electron chi connectivity index (χ2n) is 6.95. The van der Waals surface area contributed by atoms with Crippen LogP contribution < -0.4 is 19.5 Å². The van der Waals surface area contributed by atoms with Gasteiger partial charge in [0.05, 0.1) is 21.4 Å². The minimum Gasteiger partial charge on any atom is -0.486 e. The summed E-state index contributed by atoms with van der Waals surface area (Å²) in [5.41, 5.74) is 0.411. The Labute approximate surface area is 190 Å². The van der Waals surface area contributed by atoms with E-state index in [1.807, 2.05) is 0 Å². The molecule has 0 aromatic heterocycles. The third kappa shape index (κ3) is 5.15. The van der Waals surface area contributed by atoms with Crippen molar-refractivity contribution in [3.8, 4) is 23.0 Å². The van der Waals surface area contributed by atoms with E-state index in [1.165, 1.54) is 12.1 Å². The van der Waals surface area contributed by atoms with Crippen molar-refractivity contribution in [2.75, 3.05) is 24.3 Å². The predicted octanol–water partition coefficient (Wildman–Crippen LogP) is 4.71. The highest BCUT2D eigenvalue weighted by Crippen LogP contribution is 2.34. The first kappa shape index (κ1) is 22.0. The van der Waals surface area contributed by atoms with Crippen molar-refractivity contribution < 1.29 is 27.4 Å². The molecule has 3 aromatic rings. The van der Waals surface area contributed by atoms with Gasteiger partial charge < -0.3 is 19.5 Å². The lowest BCUT2D eigenvalue weighted by Crippen LogP contribution is -2.19. The van der Waals surface area contributed by atoms with Crippen LogP contribution in [0.25, 0.3) is 0 Å². The van der Waals surface area contributed by atoms with Gasteiger partial charge in [0, 0.05) is 12.5 Å². The number of hydrogen-bond acceptors (Lipinski definition) is 6. The van der Waals surface area contributed by atoms with E-state index in [9.17, 15) is 13.2 Å². The highest BCUT2D eigenvalue weighted by Gasteiger charge is 2.21. The Morgan fingerprint density at radius 3 is 2.41 bits per heavy atom. The second kappa shape index (κ2) is 9.50. The van der Waals surface area contributed by atoms with Gasteiger partial charge in [0.25, 0.3) is 0 Å². The van der Waals surface area contributed by atoms with E-state index in [-0.39, 0.29) is 17.1 Å². The largest absolute Gasteiger partial charge is 0.486 e. The Kier molecular flexibility index (Phi) is 6.53. The lowest BCUT2D eigenvalue weighted by atomic mass is 10.2. The maximum absolute atomic E-state index is 12.7. The number of halogens is 1. The van der Waals surface area contributed by atoms with E-state index in [1.54, 1.807) is 54.6 Å². The van der Waals surface area contributed by atoms with Crippen LogP contribution >= 0.6 is 11.6 Å². The SMILES string of the molecule is O=C(CCS(=O)(=O)c1ccc2c(c1)OCCO2)Nc1ccccc1Oc1ccccc1Cl. The molecular formula is C23H20ClNO6S. The van der Waals surface area contributed by atoms with Crippen LogP contribution in [0.15, 0.2) is 71.6 Å². The van der Waals surface area contributed by atoms with E-state index in [0.717, 1.165) is 0 Å². The summed E-state index contributed by atoms with van der Waals surface area (Å²) in [6.45, 7) is 0.773. The number of anilines is 1. The fourth-order valence-electron chi connectivity index (χ4n) is 3.08. The summed E-state index contributed by atoms with van der Waals surface area (Å²) in [5, 5.41) is 3.14. The van der Waals surface area contributed by atoms with Gasteiger partial charge in [-0.15, -0.1) is 0 Å². The molecule has 0 aliphatic carbocycles. The van der Waals surface area contributed by atoms with E-state index in [4.69, 9.17) is 25.8 Å². The van der Waals surface area contributed by atoms with Crippen molar-refractivity contribution >= 4 is 33.0 Å². The molecule has 7 nitrogen and oxygen atoms in total. The van der Waals surface area contributed by atoms with Crippen LogP contribution in [-0.2, 0) is 14.6 Å². The molecule has 0 bridgehead atoms. The summed E-state index contributed by atoms with van der Waals surface area (Å²) in [5.74, 6) is 0.906. The molecular weight excluding hydrogens is 454 g/mol. The number of para-hydroxylation sites is 3. The molecule has 1 aliphatic heterocycles. The summed E-state index contributed by atoms with van der Waals surface area (Å²) in [6, 6.07) is 18.3. The molecule has 0 radical (unpaired) electrons. The minimum absolute atomic E-state index is 0.0806. The van der Waals surface area contributed by atoms with Crippen LogP contribution in [0.5, 0.6) is 23.0 Å². The first-order valence-electron chi connectivity index (χ1n) is 9.86. The van der Waals surface area contributed by atoms with Crippen molar-refractivity contribution in [1.29, 1.82) is 0 Å². The molecule has 1 N–H and O–H groups in total. The second-order valence-corrected chi connectivity index (χ2v) is 9.47. The Morgan fingerprint density at radius 2 is 1.62 bits per heavy atom. The molecule has 1 heterocycles. The first-order valence-corrected chi connectivity index (χ1v) is 11.9. The molecule has 1 amide bonds. The monoisotopic (exact) mass is 473 g/mol. The van der Waals surface area contributed by atoms with Gasteiger partial charge in [-0.1, -0.05) is 35.9 Å². The van der Waals surface area contributed by atoms with Gasteiger partial charge in [0.15, 0.2) is 27.1 Å². The third-order valence-electron chi connectivity index (χ3n) is 4.69. The number of benzene rings is 3. The normalized spacial score (nSPS) is 12.8. The molecule has 0 spiro atoms. The maximum Gasteiger partial charge on any atom is 0.225 e. The summed E-state index contributed by atoms with van der Waals surface area (Å²) in [7, 11) is -3.69. The molecule has 4 rings (SSSR count). The quantitative estimate of drug-likeness (QED) is 0.534. The van der Waals surface area contributed by atoms with Crippen LogP contribution in [-0.4, -0.2) is 33.3 Å². The van der Waals surface area contributed by atoms with Crippen molar-refractivity contribution in [1.82, 2.24) is 0 Å². The number of hydrogen-bond donors (Lipinski definition) is 1. The predicted molar refractivity (Wildman–Crippen MR) is 121 cm³/mol. The highest BCUT2D eigenvalue weighted by atomic mass is 35.5. The molecule has 166 valence electrons. The van der Waals surface area contributed by atoms with E-state index >= 15 is 0 Å². The number of ether oxygens (including phenoxy) is 3. The Bertz CT molecular complexity index is 1240.